The molecule has 2 aliphatic heterocycles. The van der Waals surface area contributed by atoms with Crippen LogP contribution < -0.4 is 5.32 Å². The minimum Gasteiger partial charge on any atom is -0.508 e. The molecule has 9 atom stereocenters. The molecule has 1 aromatic rings. The average molecular weight is 594 g/mol. The fourth-order valence-corrected chi connectivity index (χ4v) is 5.14. The third-order valence-electron chi connectivity index (χ3n) is 7.56. The maximum Gasteiger partial charge on any atom is 0.209 e. The van der Waals surface area contributed by atoms with Gasteiger partial charge in [-0.1, -0.05) is 18.2 Å². The van der Waals surface area contributed by atoms with Gasteiger partial charge in [0.15, 0.2) is 17.7 Å². The Balaban J connectivity index is 1.90. The summed E-state index contributed by atoms with van der Waals surface area (Å²) in [4.78, 5) is 27.0. The Hall–Kier alpha value is -3.64. The number of ether oxygens (including phenoxy) is 1. The first-order chi connectivity index (χ1) is 19.8. The van der Waals surface area contributed by atoms with Crippen LogP contribution in [0.2, 0.25) is 0 Å². The van der Waals surface area contributed by atoms with Gasteiger partial charge in [-0.15, -0.1) is 0 Å². The number of nitrogens with one attached hydrogen (secondary N) is 1. The summed E-state index contributed by atoms with van der Waals surface area (Å²) in [7, 11) is 0. The van der Waals surface area contributed by atoms with Crippen molar-refractivity contribution in [1.29, 1.82) is 0 Å². The van der Waals surface area contributed by atoms with E-state index in [0.29, 0.717) is 11.6 Å². The van der Waals surface area contributed by atoms with E-state index in [9.17, 15) is 65.8 Å². The number of Topliss-reactive ketones (excluding diaryl/α,β-unsaturated/α-hetero) is 1. The Bertz CT molecular complexity index is 1350. The van der Waals surface area contributed by atoms with Gasteiger partial charge in [0.1, 0.15) is 47.3 Å². The lowest BCUT2D eigenvalue weighted by molar-refractivity contribution is -0.295. The molecule has 0 unspecified atom stereocenters. The number of aliphatic hydroxyl groups is 10. The molecule has 3 aliphatic rings. The second-order valence-electron chi connectivity index (χ2n) is 10.1. The van der Waals surface area contributed by atoms with Crippen molar-refractivity contribution >= 4 is 17.6 Å². The van der Waals surface area contributed by atoms with E-state index in [4.69, 9.17) is 4.74 Å². The van der Waals surface area contributed by atoms with Gasteiger partial charge in [-0.05, 0) is 29.8 Å². The van der Waals surface area contributed by atoms with Gasteiger partial charge in [0.2, 0.25) is 5.78 Å². The predicted octanol–water partition coefficient (Wildman–Crippen LogP) is -3.47. The lowest BCUT2D eigenvalue weighted by atomic mass is 9.69. The molecule has 0 radical (unpaired) electrons. The fourth-order valence-electron chi connectivity index (χ4n) is 5.14. The first-order valence-electron chi connectivity index (χ1n) is 12.7. The molecule has 0 spiro atoms. The Morgan fingerprint density at radius 1 is 0.952 bits per heavy atom. The molecule has 0 saturated carbocycles. The lowest BCUT2D eigenvalue weighted by Crippen LogP contribution is -2.67. The van der Waals surface area contributed by atoms with Crippen LogP contribution in [0.3, 0.4) is 0 Å². The highest BCUT2D eigenvalue weighted by Gasteiger charge is 2.61. The van der Waals surface area contributed by atoms with Gasteiger partial charge in [-0.25, -0.2) is 0 Å². The number of phenols is 1. The first-order valence-corrected chi connectivity index (χ1v) is 12.7. The van der Waals surface area contributed by atoms with Crippen LogP contribution in [0, 0.1) is 5.92 Å². The summed E-state index contributed by atoms with van der Waals surface area (Å²) >= 11 is 0. The Morgan fingerprint density at radius 2 is 1.60 bits per heavy atom. The van der Waals surface area contributed by atoms with Gasteiger partial charge < -0.3 is 66.2 Å². The molecular weight excluding hydrogens is 562 g/mol. The quantitative estimate of drug-likeness (QED) is 0.0867. The summed E-state index contributed by atoms with van der Waals surface area (Å²) in [6.45, 7) is -1.69. The van der Waals surface area contributed by atoms with Crippen molar-refractivity contribution in [1.82, 2.24) is 5.32 Å². The van der Waals surface area contributed by atoms with Crippen molar-refractivity contribution < 1.29 is 70.5 Å². The minimum absolute atomic E-state index is 0.0525. The highest BCUT2D eigenvalue weighted by atomic mass is 16.6. The largest absolute Gasteiger partial charge is 0.508 e. The van der Waals surface area contributed by atoms with Crippen LogP contribution in [0.5, 0.6) is 5.75 Å². The zero-order valence-electron chi connectivity index (χ0n) is 21.7. The van der Waals surface area contributed by atoms with E-state index in [-0.39, 0.29) is 5.75 Å². The summed E-state index contributed by atoms with van der Waals surface area (Å²) in [5.74, 6) is -6.69. The van der Waals surface area contributed by atoms with E-state index in [1.54, 1.807) is 0 Å². The van der Waals surface area contributed by atoms with Gasteiger partial charge in [0.25, 0.3) is 0 Å². The van der Waals surface area contributed by atoms with Gasteiger partial charge in [-0.2, -0.15) is 0 Å². The fraction of sp³-hybridized carbons (Fsp3) is 0.407. The average Bonchev–Trinajstić information content (AvgIpc) is 3.25. The Morgan fingerprint density at radius 3 is 2.17 bits per heavy atom. The molecular formula is C27H31NO14. The molecule has 4 rings (SSSR count). The van der Waals surface area contributed by atoms with Gasteiger partial charge in [-0.3, -0.25) is 9.59 Å². The molecule has 228 valence electrons. The summed E-state index contributed by atoms with van der Waals surface area (Å²) < 4.78 is 5.16. The van der Waals surface area contributed by atoms with Crippen LogP contribution in [0.1, 0.15) is 5.56 Å². The number of carbonyl (C=O) groups is 2. The number of benzene rings is 1. The topological polar surface area (TPSA) is 278 Å². The molecule has 1 aromatic carbocycles. The maximum absolute atomic E-state index is 13.9. The summed E-state index contributed by atoms with van der Waals surface area (Å²) in [6, 6.07) is 4.32. The van der Waals surface area contributed by atoms with Crippen LogP contribution in [0.25, 0.3) is 6.08 Å². The molecule has 42 heavy (non-hydrogen) atoms. The summed E-state index contributed by atoms with van der Waals surface area (Å²) in [5.41, 5.74) is -5.57. The Kier molecular flexibility index (Phi) is 8.89. The molecule has 0 aromatic heterocycles. The first kappa shape index (κ1) is 31.3. The van der Waals surface area contributed by atoms with Crippen LogP contribution in [-0.4, -0.2) is 129 Å². The van der Waals surface area contributed by atoms with E-state index >= 15 is 0 Å². The molecule has 2 fully saturated rings. The van der Waals surface area contributed by atoms with Crippen molar-refractivity contribution in [2.24, 2.45) is 5.92 Å². The number of allylic oxidation sites excluding steroid dienone is 2. The normalized spacial score (nSPS) is 38.0. The second-order valence-corrected chi connectivity index (χ2v) is 10.1. The lowest BCUT2D eigenvalue weighted by Gasteiger charge is -2.47. The van der Waals surface area contributed by atoms with E-state index in [0.717, 1.165) is 6.08 Å². The van der Waals surface area contributed by atoms with Crippen LogP contribution in [-0.2, 0) is 14.3 Å². The molecule has 15 nitrogen and oxygen atoms in total. The minimum atomic E-state index is -3.32. The number of carbonyl (C=O) groups excluding carboxylic acids is 2. The van der Waals surface area contributed by atoms with E-state index in [1.807, 2.05) is 0 Å². The highest BCUT2D eigenvalue weighted by Crippen LogP contribution is 2.43. The second kappa shape index (κ2) is 11.9. The molecule has 1 aliphatic carbocycles. The number of ketones is 2. The van der Waals surface area contributed by atoms with Crippen molar-refractivity contribution in [2.45, 2.75) is 48.5 Å². The van der Waals surface area contributed by atoms with Crippen LogP contribution in [0.15, 0.2) is 64.8 Å². The zero-order valence-corrected chi connectivity index (χ0v) is 21.7. The van der Waals surface area contributed by atoms with Gasteiger partial charge >= 0.3 is 0 Å². The van der Waals surface area contributed by atoms with E-state index < -0.39 is 108 Å². The molecule has 2 saturated heterocycles. The molecule has 0 amide bonds. The number of aromatic hydroxyl groups is 1. The third-order valence-corrected chi connectivity index (χ3v) is 7.56. The molecule has 15 heteroatoms. The van der Waals surface area contributed by atoms with Crippen LogP contribution in [0.4, 0.5) is 0 Å². The van der Waals surface area contributed by atoms with Crippen molar-refractivity contribution in [3.05, 3.63) is 70.3 Å². The number of phenolic OH excluding ortho intramolecular Hbond substituents is 1. The smallest absolute Gasteiger partial charge is 0.209 e. The SMILES string of the molecule is O=C1C=C(/C(O)=C2/N[C@H](CO)[C@@H](O)[C@@H]2O)[C@](O)([C@@H]2O[C@H](O)[C@@H](O)[C@H](CO)[C@H]2O)C(=O)C1=C(O)/C=C/c1ccc(O)cc1. The van der Waals surface area contributed by atoms with Crippen molar-refractivity contribution in [3.63, 3.8) is 0 Å². The summed E-state index contributed by atoms with van der Waals surface area (Å²) in [6.07, 6.45) is -9.40. The predicted molar refractivity (Wildman–Crippen MR) is 139 cm³/mol. The third kappa shape index (κ3) is 5.22. The van der Waals surface area contributed by atoms with E-state index in [2.05, 4.69) is 5.32 Å². The number of aliphatic hydroxyl groups excluding tert-OH is 9. The maximum atomic E-state index is 13.9. The monoisotopic (exact) mass is 593 g/mol. The number of hydrogen-bond acceptors (Lipinski definition) is 15. The van der Waals surface area contributed by atoms with Gasteiger partial charge in [0.05, 0.1) is 31.1 Å². The van der Waals surface area contributed by atoms with Gasteiger partial charge in [0, 0.05) is 11.5 Å². The zero-order chi connectivity index (χ0) is 31.1. The van der Waals surface area contributed by atoms with Crippen LogP contribution >= 0.6 is 0 Å². The molecule has 12 N–H and O–H groups in total. The highest BCUT2D eigenvalue weighted by molar-refractivity contribution is 6.31. The summed E-state index contributed by atoms with van der Waals surface area (Å²) in [5, 5.41) is 117. The van der Waals surface area contributed by atoms with Crippen molar-refractivity contribution in [3.8, 4) is 5.75 Å². The molecule has 0 bridgehead atoms. The van der Waals surface area contributed by atoms with Crippen molar-refractivity contribution in [2.75, 3.05) is 13.2 Å². The number of hydrogen-bond donors (Lipinski definition) is 12. The number of rotatable bonds is 6. The van der Waals surface area contributed by atoms with E-state index in [1.165, 1.54) is 30.3 Å². The Labute approximate surface area is 237 Å². The standard InChI is InChI=1S/C27H31NO14/c29-8-12-19(34)25(42-26(40)20(12)35)27(41)13(21(36)18-23(38)22(37)14(9-30)28-18)7-16(33)17(24(27)39)15(32)6-3-10-1-4-11(31)5-2-10/h1-7,12,14,19-20,22-23,25-26,28-32,34-38,40-41H,8-9H2/b6-3+,17-15?,21-18-/t12-,14-,19-,20+,22-,23-,25-,26+,27-/m1/s1. The molecule has 2 heterocycles.